The standard InChI is InChI=1S/C25H22Cl2N2O5/c1-2-33-22(30)16-34-23-20(26)13-17(14-21(23)27)15-28-29-24(31)25(32,18-9-5-3-6-10-18)19-11-7-4-8-12-19/h3-15,32H,2,16H2,1H3,(H,29,31)/b28-15+. The zero-order valence-electron chi connectivity index (χ0n) is 18.2. The number of carbonyl (C=O) groups is 2. The number of nitrogens with one attached hydrogen (secondary N) is 1. The van der Waals surface area contributed by atoms with Crippen LogP contribution in [0.5, 0.6) is 5.75 Å². The Labute approximate surface area is 206 Å². The summed E-state index contributed by atoms with van der Waals surface area (Å²) in [6.45, 7) is 1.58. The Hall–Kier alpha value is -3.39. The minimum Gasteiger partial charge on any atom is -0.479 e. The third-order valence-electron chi connectivity index (χ3n) is 4.75. The van der Waals surface area contributed by atoms with Gasteiger partial charge in [-0.3, -0.25) is 4.79 Å². The average Bonchev–Trinajstić information content (AvgIpc) is 2.84. The normalized spacial score (nSPS) is 11.3. The van der Waals surface area contributed by atoms with Gasteiger partial charge < -0.3 is 14.6 Å². The number of hydrazone groups is 1. The van der Waals surface area contributed by atoms with Gasteiger partial charge in [0, 0.05) is 0 Å². The van der Waals surface area contributed by atoms with Crippen LogP contribution in [0.2, 0.25) is 10.0 Å². The zero-order chi connectivity index (χ0) is 24.6. The first-order valence-electron chi connectivity index (χ1n) is 10.3. The molecule has 3 aromatic rings. The van der Waals surface area contributed by atoms with E-state index in [1.807, 2.05) is 0 Å². The van der Waals surface area contributed by atoms with Crippen molar-refractivity contribution in [2.45, 2.75) is 12.5 Å². The van der Waals surface area contributed by atoms with Gasteiger partial charge >= 0.3 is 5.97 Å². The molecule has 0 saturated carbocycles. The van der Waals surface area contributed by atoms with E-state index < -0.39 is 17.5 Å². The van der Waals surface area contributed by atoms with Crippen LogP contribution < -0.4 is 10.2 Å². The highest BCUT2D eigenvalue weighted by Gasteiger charge is 2.39. The molecule has 176 valence electrons. The van der Waals surface area contributed by atoms with Crippen LogP contribution in [0, 0.1) is 0 Å². The molecule has 0 unspecified atom stereocenters. The zero-order valence-corrected chi connectivity index (χ0v) is 19.7. The lowest BCUT2D eigenvalue weighted by Crippen LogP contribution is -2.43. The highest BCUT2D eigenvalue weighted by atomic mass is 35.5. The number of rotatable bonds is 9. The van der Waals surface area contributed by atoms with E-state index in [0.717, 1.165) is 0 Å². The van der Waals surface area contributed by atoms with Crippen molar-refractivity contribution < 1.29 is 24.2 Å². The van der Waals surface area contributed by atoms with Crippen LogP contribution in [0.25, 0.3) is 0 Å². The molecule has 9 heteroatoms. The summed E-state index contributed by atoms with van der Waals surface area (Å²) < 4.78 is 10.1. The van der Waals surface area contributed by atoms with Gasteiger partial charge in [-0.25, -0.2) is 10.2 Å². The van der Waals surface area contributed by atoms with Gasteiger partial charge in [0.2, 0.25) is 0 Å². The number of ether oxygens (including phenoxy) is 2. The molecule has 3 aromatic carbocycles. The highest BCUT2D eigenvalue weighted by molar-refractivity contribution is 6.37. The van der Waals surface area contributed by atoms with E-state index >= 15 is 0 Å². The lowest BCUT2D eigenvalue weighted by molar-refractivity contribution is -0.145. The third-order valence-corrected chi connectivity index (χ3v) is 5.31. The smallest absolute Gasteiger partial charge is 0.344 e. The molecule has 0 atom stereocenters. The first-order chi connectivity index (χ1) is 16.4. The van der Waals surface area contributed by atoms with Crippen molar-refractivity contribution in [1.82, 2.24) is 5.43 Å². The first kappa shape index (κ1) is 25.2. The summed E-state index contributed by atoms with van der Waals surface area (Å²) in [7, 11) is 0. The van der Waals surface area contributed by atoms with Gasteiger partial charge in [0.05, 0.1) is 22.9 Å². The van der Waals surface area contributed by atoms with Crippen molar-refractivity contribution >= 4 is 41.3 Å². The SMILES string of the molecule is CCOC(=O)COc1c(Cl)cc(/C=N/NC(=O)C(O)(c2ccccc2)c2ccccc2)cc1Cl. The number of hydrogen-bond donors (Lipinski definition) is 2. The number of aliphatic hydroxyl groups is 1. The Balaban J connectivity index is 1.77. The Morgan fingerprint density at radius 3 is 2.03 bits per heavy atom. The number of amides is 1. The summed E-state index contributed by atoms with van der Waals surface area (Å²) in [4.78, 5) is 24.5. The molecular formula is C25H22Cl2N2O5. The van der Waals surface area contributed by atoms with E-state index in [-0.39, 0.29) is 29.0 Å². The van der Waals surface area contributed by atoms with Crippen LogP contribution in [-0.4, -0.2) is 36.4 Å². The molecule has 0 heterocycles. The van der Waals surface area contributed by atoms with Crippen molar-refractivity contribution in [3.05, 3.63) is 99.5 Å². The van der Waals surface area contributed by atoms with E-state index in [2.05, 4.69) is 10.5 Å². The lowest BCUT2D eigenvalue weighted by atomic mass is 9.85. The van der Waals surface area contributed by atoms with Crippen molar-refractivity contribution in [2.24, 2.45) is 5.10 Å². The number of halogens is 2. The Bertz CT molecular complexity index is 1110. The maximum Gasteiger partial charge on any atom is 0.344 e. The number of benzene rings is 3. The highest BCUT2D eigenvalue weighted by Crippen LogP contribution is 2.34. The topological polar surface area (TPSA) is 97.2 Å². The average molecular weight is 501 g/mol. The Morgan fingerprint density at radius 1 is 1.00 bits per heavy atom. The minimum atomic E-state index is -1.96. The predicted octanol–water partition coefficient (Wildman–Crippen LogP) is 4.32. The number of carbonyl (C=O) groups excluding carboxylic acids is 2. The van der Waals surface area contributed by atoms with Crippen LogP contribution >= 0.6 is 23.2 Å². The molecule has 0 spiro atoms. The van der Waals surface area contributed by atoms with Gasteiger partial charge in [-0.05, 0) is 35.7 Å². The van der Waals surface area contributed by atoms with Crippen LogP contribution in [0.15, 0.2) is 77.9 Å². The van der Waals surface area contributed by atoms with E-state index in [9.17, 15) is 14.7 Å². The molecule has 1 amide bonds. The largest absolute Gasteiger partial charge is 0.479 e. The first-order valence-corrected chi connectivity index (χ1v) is 11.1. The minimum absolute atomic E-state index is 0.125. The molecule has 0 bridgehead atoms. The van der Waals surface area contributed by atoms with Gasteiger partial charge in [-0.1, -0.05) is 83.9 Å². The molecule has 0 saturated heterocycles. The molecule has 0 aliphatic heterocycles. The second kappa shape index (κ2) is 11.7. The molecule has 2 N–H and O–H groups in total. The summed E-state index contributed by atoms with van der Waals surface area (Å²) in [6, 6.07) is 20.1. The van der Waals surface area contributed by atoms with Crippen molar-refractivity contribution in [2.75, 3.05) is 13.2 Å². The lowest BCUT2D eigenvalue weighted by Gasteiger charge is -2.27. The predicted molar refractivity (Wildman–Crippen MR) is 130 cm³/mol. The number of hydrogen-bond acceptors (Lipinski definition) is 6. The van der Waals surface area contributed by atoms with Crippen LogP contribution in [-0.2, 0) is 19.9 Å². The Morgan fingerprint density at radius 2 is 1.53 bits per heavy atom. The summed E-state index contributed by atoms with van der Waals surface area (Å²) >= 11 is 12.4. The van der Waals surface area contributed by atoms with E-state index in [1.54, 1.807) is 67.6 Å². The van der Waals surface area contributed by atoms with Crippen molar-refractivity contribution in [1.29, 1.82) is 0 Å². The fraction of sp³-hybridized carbons (Fsp3) is 0.160. The van der Waals surface area contributed by atoms with Gasteiger partial charge in [-0.2, -0.15) is 5.10 Å². The fourth-order valence-electron chi connectivity index (χ4n) is 3.16. The van der Waals surface area contributed by atoms with E-state index in [1.165, 1.54) is 18.3 Å². The number of esters is 1. The van der Waals surface area contributed by atoms with Crippen molar-refractivity contribution in [3.63, 3.8) is 0 Å². The Kier molecular flexibility index (Phi) is 8.65. The molecule has 0 radical (unpaired) electrons. The number of nitrogens with zero attached hydrogens (tertiary/aromatic N) is 1. The van der Waals surface area contributed by atoms with Gasteiger partial charge in [0.15, 0.2) is 18.0 Å². The summed E-state index contributed by atoms with van der Waals surface area (Å²) in [6.07, 6.45) is 1.32. The van der Waals surface area contributed by atoms with E-state index in [4.69, 9.17) is 32.7 Å². The maximum absolute atomic E-state index is 13.1. The maximum atomic E-state index is 13.1. The van der Waals surface area contributed by atoms with Gasteiger partial charge in [0.1, 0.15) is 0 Å². The molecule has 3 rings (SSSR count). The molecule has 34 heavy (non-hydrogen) atoms. The van der Waals surface area contributed by atoms with Crippen molar-refractivity contribution in [3.8, 4) is 5.75 Å². The van der Waals surface area contributed by atoms with Crippen LogP contribution in [0.3, 0.4) is 0 Å². The van der Waals surface area contributed by atoms with Crippen LogP contribution in [0.4, 0.5) is 0 Å². The molecule has 0 aliphatic carbocycles. The van der Waals surface area contributed by atoms with E-state index in [0.29, 0.717) is 16.7 Å². The summed E-state index contributed by atoms with van der Waals surface area (Å²) in [5, 5.41) is 15.7. The monoisotopic (exact) mass is 500 g/mol. The summed E-state index contributed by atoms with van der Waals surface area (Å²) in [5.41, 5.74) is 1.66. The van der Waals surface area contributed by atoms with Gasteiger partial charge in [-0.15, -0.1) is 0 Å². The molecule has 7 nitrogen and oxygen atoms in total. The molecule has 0 aromatic heterocycles. The molecular weight excluding hydrogens is 479 g/mol. The van der Waals surface area contributed by atoms with Gasteiger partial charge in [0.25, 0.3) is 5.91 Å². The fourth-order valence-corrected chi connectivity index (χ4v) is 3.77. The third kappa shape index (κ3) is 5.94. The summed E-state index contributed by atoms with van der Waals surface area (Å²) in [5.74, 6) is -1.17. The second-order valence-electron chi connectivity index (χ2n) is 7.05. The quantitative estimate of drug-likeness (QED) is 0.259. The molecule has 0 fully saturated rings. The second-order valence-corrected chi connectivity index (χ2v) is 7.86. The van der Waals surface area contributed by atoms with Crippen LogP contribution in [0.1, 0.15) is 23.6 Å². The molecule has 0 aliphatic rings.